The molecular formula is C16H17N5O. The number of benzene rings is 1. The van der Waals surface area contributed by atoms with E-state index in [-0.39, 0.29) is 5.91 Å². The third kappa shape index (κ3) is 2.50. The maximum atomic E-state index is 12.2. The number of carbonyl (C=O) groups is 1. The lowest BCUT2D eigenvalue weighted by atomic mass is 10.2. The molecule has 0 unspecified atom stereocenters. The van der Waals surface area contributed by atoms with E-state index in [4.69, 9.17) is 0 Å². The van der Waals surface area contributed by atoms with Gasteiger partial charge in [0.2, 0.25) is 0 Å². The number of amides is 1. The first kappa shape index (κ1) is 14.1. The lowest BCUT2D eigenvalue weighted by molar-refractivity contribution is 0.0957. The predicted octanol–water partition coefficient (Wildman–Crippen LogP) is 2.46. The van der Waals surface area contributed by atoms with Crippen molar-refractivity contribution in [3.05, 3.63) is 53.5 Å². The smallest absolute Gasteiger partial charge is 0.273 e. The number of rotatable bonds is 4. The first-order valence-electron chi connectivity index (χ1n) is 7.12. The molecule has 0 fully saturated rings. The van der Waals surface area contributed by atoms with E-state index in [1.54, 1.807) is 18.6 Å². The van der Waals surface area contributed by atoms with Crippen molar-refractivity contribution >= 4 is 23.0 Å². The Bertz CT molecular complexity index is 843. The van der Waals surface area contributed by atoms with Crippen LogP contribution in [0.2, 0.25) is 0 Å². The Balaban J connectivity index is 1.74. The van der Waals surface area contributed by atoms with Gasteiger partial charge in [-0.15, -0.1) is 0 Å². The first-order valence-corrected chi connectivity index (χ1v) is 7.12. The number of hydrogen-bond donors (Lipinski definition) is 2. The molecule has 0 aliphatic rings. The van der Waals surface area contributed by atoms with Crippen LogP contribution in [0, 0.1) is 6.92 Å². The van der Waals surface area contributed by atoms with E-state index in [0.29, 0.717) is 5.56 Å². The Morgan fingerprint density at radius 2 is 2.27 bits per heavy atom. The van der Waals surface area contributed by atoms with Gasteiger partial charge in [-0.3, -0.25) is 9.48 Å². The van der Waals surface area contributed by atoms with E-state index in [0.717, 1.165) is 28.7 Å². The number of nitrogens with zero attached hydrogens (tertiary/aromatic N) is 3. The molecule has 0 radical (unpaired) electrons. The Morgan fingerprint density at radius 3 is 3.05 bits per heavy atom. The van der Waals surface area contributed by atoms with Gasteiger partial charge in [-0.1, -0.05) is 18.2 Å². The molecule has 3 aromatic rings. The molecule has 3 rings (SSSR count). The van der Waals surface area contributed by atoms with Gasteiger partial charge >= 0.3 is 0 Å². The highest BCUT2D eigenvalue weighted by Gasteiger charge is 2.10. The molecule has 6 nitrogen and oxygen atoms in total. The van der Waals surface area contributed by atoms with Crippen LogP contribution in [-0.2, 0) is 6.54 Å². The van der Waals surface area contributed by atoms with Crippen LogP contribution in [0.4, 0.5) is 0 Å². The molecule has 0 saturated carbocycles. The number of aromatic nitrogens is 3. The van der Waals surface area contributed by atoms with Crippen molar-refractivity contribution in [2.24, 2.45) is 5.10 Å². The molecule has 1 aromatic carbocycles. The molecule has 0 aliphatic heterocycles. The standard InChI is InChI=1S/C16H17N5O/c1-3-21-11(2)12(9-19-21)8-18-20-16(22)14-10-17-15-7-5-4-6-13(14)15/h4-10,17H,3H2,1-2H3,(H,20,22)/b18-8-. The van der Waals surface area contributed by atoms with Gasteiger partial charge in [0.1, 0.15) is 0 Å². The molecule has 0 aliphatic carbocycles. The maximum absolute atomic E-state index is 12.2. The molecule has 6 heteroatoms. The molecule has 0 atom stereocenters. The summed E-state index contributed by atoms with van der Waals surface area (Å²) >= 11 is 0. The number of hydrazone groups is 1. The van der Waals surface area contributed by atoms with Crippen LogP contribution in [-0.4, -0.2) is 26.9 Å². The van der Waals surface area contributed by atoms with Crippen LogP contribution < -0.4 is 5.43 Å². The summed E-state index contributed by atoms with van der Waals surface area (Å²) in [6.45, 7) is 4.81. The molecule has 2 heterocycles. The molecule has 112 valence electrons. The van der Waals surface area contributed by atoms with Crippen molar-refractivity contribution in [2.45, 2.75) is 20.4 Å². The van der Waals surface area contributed by atoms with E-state index in [1.165, 1.54) is 0 Å². The van der Waals surface area contributed by atoms with Crippen LogP contribution >= 0.6 is 0 Å². The van der Waals surface area contributed by atoms with E-state index >= 15 is 0 Å². The van der Waals surface area contributed by atoms with Gasteiger partial charge in [-0.05, 0) is 19.9 Å². The zero-order chi connectivity index (χ0) is 15.5. The van der Waals surface area contributed by atoms with Gasteiger partial charge in [0.15, 0.2) is 0 Å². The molecule has 22 heavy (non-hydrogen) atoms. The van der Waals surface area contributed by atoms with Crippen molar-refractivity contribution in [3.63, 3.8) is 0 Å². The second-order valence-electron chi connectivity index (χ2n) is 4.95. The van der Waals surface area contributed by atoms with E-state index < -0.39 is 0 Å². The van der Waals surface area contributed by atoms with Crippen LogP contribution in [0.1, 0.15) is 28.5 Å². The van der Waals surface area contributed by atoms with Crippen molar-refractivity contribution in [2.75, 3.05) is 0 Å². The number of carbonyl (C=O) groups excluding carboxylic acids is 1. The number of aryl methyl sites for hydroxylation is 1. The van der Waals surface area contributed by atoms with Crippen LogP contribution in [0.3, 0.4) is 0 Å². The summed E-state index contributed by atoms with van der Waals surface area (Å²) < 4.78 is 1.88. The third-order valence-corrected chi connectivity index (χ3v) is 3.64. The minimum atomic E-state index is -0.241. The van der Waals surface area contributed by atoms with Gasteiger partial charge in [0.05, 0.1) is 18.0 Å². The van der Waals surface area contributed by atoms with E-state index in [1.807, 2.05) is 42.8 Å². The molecule has 1 amide bonds. The number of para-hydroxylation sites is 1. The number of fused-ring (bicyclic) bond motifs is 1. The van der Waals surface area contributed by atoms with Gasteiger partial charge < -0.3 is 4.98 Å². The summed E-state index contributed by atoms with van der Waals surface area (Å²) in [5.74, 6) is -0.241. The number of H-pyrrole nitrogens is 1. The van der Waals surface area contributed by atoms with Crippen molar-refractivity contribution < 1.29 is 4.79 Å². The lowest BCUT2D eigenvalue weighted by Gasteiger charge is -1.99. The largest absolute Gasteiger partial charge is 0.360 e. The summed E-state index contributed by atoms with van der Waals surface area (Å²) in [6, 6.07) is 7.66. The predicted molar refractivity (Wildman–Crippen MR) is 86.0 cm³/mol. The summed E-state index contributed by atoms with van der Waals surface area (Å²) in [6.07, 6.45) is 5.04. The fourth-order valence-corrected chi connectivity index (χ4v) is 2.39. The van der Waals surface area contributed by atoms with Crippen molar-refractivity contribution in [3.8, 4) is 0 Å². The van der Waals surface area contributed by atoms with E-state index in [9.17, 15) is 4.79 Å². The second-order valence-corrected chi connectivity index (χ2v) is 4.95. The molecule has 0 bridgehead atoms. The lowest BCUT2D eigenvalue weighted by Crippen LogP contribution is -2.17. The molecule has 2 N–H and O–H groups in total. The number of aromatic amines is 1. The molecular weight excluding hydrogens is 278 g/mol. The Labute approximate surface area is 127 Å². The molecule has 0 saturated heterocycles. The summed E-state index contributed by atoms with van der Waals surface area (Å²) in [5.41, 5.74) is 5.97. The normalized spacial score (nSPS) is 11.4. The minimum Gasteiger partial charge on any atom is -0.360 e. The van der Waals surface area contributed by atoms with E-state index in [2.05, 4.69) is 20.6 Å². The monoisotopic (exact) mass is 295 g/mol. The fourth-order valence-electron chi connectivity index (χ4n) is 2.39. The van der Waals surface area contributed by atoms with Crippen LogP contribution in [0.25, 0.3) is 10.9 Å². The van der Waals surface area contributed by atoms with Crippen molar-refractivity contribution in [1.29, 1.82) is 0 Å². The highest BCUT2D eigenvalue weighted by Crippen LogP contribution is 2.17. The molecule has 2 aromatic heterocycles. The van der Waals surface area contributed by atoms with Crippen LogP contribution in [0.5, 0.6) is 0 Å². The molecule has 0 spiro atoms. The first-order chi connectivity index (χ1) is 10.7. The Morgan fingerprint density at radius 1 is 1.45 bits per heavy atom. The van der Waals surface area contributed by atoms with Gasteiger partial charge in [-0.2, -0.15) is 10.2 Å². The summed E-state index contributed by atoms with van der Waals surface area (Å²) in [4.78, 5) is 15.3. The average Bonchev–Trinajstić information content (AvgIpc) is 3.11. The fraction of sp³-hybridized carbons (Fsp3) is 0.188. The highest BCUT2D eigenvalue weighted by atomic mass is 16.2. The van der Waals surface area contributed by atoms with Gasteiger partial charge in [0.25, 0.3) is 5.91 Å². The average molecular weight is 295 g/mol. The quantitative estimate of drug-likeness (QED) is 0.573. The SMILES string of the molecule is CCn1ncc(/C=N\NC(=O)c2c[nH]c3ccccc23)c1C. The summed E-state index contributed by atoms with van der Waals surface area (Å²) in [7, 11) is 0. The zero-order valence-electron chi connectivity index (χ0n) is 12.5. The second kappa shape index (κ2) is 5.85. The van der Waals surface area contributed by atoms with Crippen LogP contribution in [0.15, 0.2) is 41.8 Å². The number of hydrogen-bond acceptors (Lipinski definition) is 3. The minimum absolute atomic E-state index is 0.241. The number of nitrogens with one attached hydrogen (secondary N) is 2. The topological polar surface area (TPSA) is 75.1 Å². The summed E-state index contributed by atoms with van der Waals surface area (Å²) in [5, 5.41) is 9.13. The highest BCUT2D eigenvalue weighted by molar-refractivity contribution is 6.06. The maximum Gasteiger partial charge on any atom is 0.273 e. The van der Waals surface area contributed by atoms with Gasteiger partial charge in [-0.25, -0.2) is 5.43 Å². The van der Waals surface area contributed by atoms with Gasteiger partial charge in [0, 0.05) is 34.9 Å². The Hall–Kier alpha value is -2.89. The third-order valence-electron chi connectivity index (χ3n) is 3.64. The zero-order valence-corrected chi connectivity index (χ0v) is 12.5. The van der Waals surface area contributed by atoms with Crippen molar-refractivity contribution in [1.82, 2.24) is 20.2 Å². The Kier molecular flexibility index (Phi) is 3.74.